The summed E-state index contributed by atoms with van der Waals surface area (Å²) in [5.74, 6) is -0.271. The number of methoxy groups -OCH3 is 1. The average Bonchev–Trinajstić information content (AvgIpc) is 2.49. The molecular formula is C15H13BrClNO4S. The van der Waals surface area contributed by atoms with Crippen molar-refractivity contribution in [2.75, 3.05) is 7.11 Å². The maximum Gasteiger partial charge on any atom is 0.264 e. The van der Waals surface area contributed by atoms with Crippen molar-refractivity contribution in [3.8, 4) is 5.75 Å². The van der Waals surface area contributed by atoms with E-state index in [0.29, 0.717) is 20.8 Å². The average molecular weight is 419 g/mol. The molecule has 5 nitrogen and oxygen atoms in total. The quantitative estimate of drug-likeness (QED) is 0.809. The fourth-order valence-corrected chi connectivity index (χ4v) is 3.37. The molecule has 23 heavy (non-hydrogen) atoms. The monoisotopic (exact) mass is 417 g/mol. The van der Waals surface area contributed by atoms with Gasteiger partial charge in [-0.25, -0.2) is 13.1 Å². The van der Waals surface area contributed by atoms with E-state index in [1.807, 2.05) is 4.72 Å². The van der Waals surface area contributed by atoms with E-state index in [1.54, 1.807) is 24.3 Å². The lowest BCUT2D eigenvalue weighted by Gasteiger charge is -2.09. The zero-order valence-corrected chi connectivity index (χ0v) is 15.2. The maximum absolute atomic E-state index is 12.2. The van der Waals surface area contributed by atoms with Gasteiger partial charge in [-0.1, -0.05) is 23.7 Å². The van der Waals surface area contributed by atoms with Crippen molar-refractivity contribution in [3.05, 3.63) is 57.5 Å². The Morgan fingerprint density at radius 3 is 2.48 bits per heavy atom. The van der Waals surface area contributed by atoms with Crippen LogP contribution in [0, 0.1) is 0 Å². The van der Waals surface area contributed by atoms with Gasteiger partial charge in [-0.3, -0.25) is 4.79 Å². The zero-order chi connectivity index (χ0) is 17.0. The van der Waals surface area contributed by atoms with E-state index in [1.165, 1.54) is 25.3 Å². The van der Waals surface area contributed by atoms with E-state index in [-0.39, 0.29) is 11.3 Å². The van der Waals surface area contributed by atoms with Gasteiger partial charge in [-0.15, -0.1) is 0 Å². The summed E-state index contributed by atoms with van der Waals surface area (Å²) in [5.41, 5.74) is 0.662. The molecule has 0 fully saturated rings. The highest BCUT2D eigenvalue weighted by atomic mass is 79.9. The molecule has 2 rings (SSSR count). The largest absolute Gasteiger partial charge is 0.496 e. The van der Waals surface area contributed by atoms with Gasteiger partial charge < -0.3 is 4.74 Å². The zero-order valence-electron chi connectivity index (χ0n) is 12.0. The van der Waals surface area contributed by atoms with Crippen LogP contribution < -0.4 is 9.46 Å². The van der Waals surface area contributed by atoms with Crippen molar-refractivity contribution < 1.29 is 17.9 Å². The van der Waals surface area contributed by atoms with Crippen LogP contribution in [0.5, 0.6) is 5.75 Å². The molecule has 122 valence electrons. The van der Waals surface area contributed by atoms with Gasteiger partial charge in [-0.05, 0) is 45.8 Å². The Bertz CT molecular complexity index is 822. The molecule has 0 saturated carbocycles. The van der Waals surface area contributed by atoms with Crippen molar-refractivity contribution in [1.29, 1.82) is 0 Å². The molecule has 0 heterocycles. The molecule has 0 spiro atoms. The normalized spacial score (nSPS) is 11.1. The summed E-state index contributed by atoms with van der Waals surface area (Å²) in [6.45, 7) is 0. The number of benzene rings is 2. The van der Waals surface area contributed by atoms with Crippen LogP contribution in [0.1, 0.15) is 5.56 Å². The molecule has 0 unspecified atom stereocenters. The fraction of sp³-hybridized carbons (Fsp3) is 0.133. The minimum absolute atomic E-state index is 0.0537. The third kappa shape index (κ3) is 4.70. The van der Waals surface area contributed by atoms with E-state index in [9.17, 15) is 13.2 Å². The lowest BCUT2D eigenvalue weighted by Crippen LogP contribution is -2.31. The summed E-state index contributed by atoms with van der Waals surface area (Å²) in [4.78, 5) is 11.9. The first kappa shape index (κ1) is 17.8. The number of ether oxygens (including phenoxy) is 1. The van der Waals surface area contributed by atoms with Crippen molar-refractivity contribution in [3.63, 3.8) is 0 Å². The number of carbonyl (C=O) groups excluding carboxylic acids is 1. The van der Waals surface area contributed by atoms with E-state index in [2.05, 4.69) is 15.9 Å². The number of rotatable bonds is 5. The van der Waals surface area contributed by atoms with Crippen molar-refractivity contribution in [1.82, 2.24) is 4.72 Å². The van der Waals surface area contributed by atoms with Crippen molar-refractivity contribution in [2.24, 2.45) is 0 Å². The summed E-state index contributed by atoms with van der Waals surface area (Å²) in [5, 5.41) is 0.545. The van der Waals surface area contributed by atoms with Gasteiger partial charge in [0.25, 0.3) is 10.0 Å². The lowest BCUT2D eigenvalue weighted by molar-refractivity contribution is -0.118. The molecule has 0 aromatic heterocycles. The smallest absolute Gasteiger partial charge is 0.264 e. The van der Waals surface area contributed by atoms with Gasteiger partial charge in [0.1, 0.15) is 5.75 Å². The van der Waals surface area contributed by atoms with E-state index < -0.39 is 15.9 Å². The van der Waals surface area contributed by atoms with Crippen LogP contribution in [0.4, 0.5) is 0 Å². The number of hydrogen-bond acceptors (Lipinski definition) is 4. The predicted octanol–water partition coefficient (Wildman–Crippen LogP) is 3.16. The number of nitrogens with one attached hydrogen (secondary N) is 1. The van der Waals surface area contributed by atoms with Crippen LogP contribution in [0.15, 0.2) is 51.8 Å². The molecule has 0 aliphatic carbocycles. The molecule has 8 heteroatoms. The fourth-order valence-electron chi connectivity index (χ4n) is 1.84. The summed E-state index contributed by atoms with van der Waals surface area (Å²) < 4.78 is 32.2. The maximum atomic E-state index is 12.2. The molecule has 0 radical (unpaired) electrons. The molecule has 0 aliphatic heterocycles. The van der Waals surface area contributed by atoms with Crippen LogP contribution in [0.2, 0.25) is 5.02 Å². The van der Waals surface area contributed by atoms with Gasteiger partial charge in [0.2, 0.25) is 5.91 Å². The van der Waals surface area contributed by atoms with Gasteiger partial charge in [0.05, 0.1) is 22.9 Å². The van der Waals surface area contributed by atoms with Crippen molar-refractivity contribution >= 4 is 43.5 Å². The Morgan fingerprint density at radius 2 is 1.87 bits per heavy atom. The number of halogens is 2. The third-order valence-electron chi connectivity index (χ3n) is 2.96. The predicted molar refractivity (Wildman–Crippen MR) is 91.2 cm³/mol. The molecule has 0 bridgehead atoms. The van der Waals surface area contributed by atoms with E-state index in [4.69, 9.17) is 16.3 Å². The molecule has 1 N–H and O–H groups in total. The molecule has 2 aromatic rings. The summed E-state index contributed by atoms with van der Waals surface area (Å²) in [7, 11) is -2.54. The first-order chi connectivity index (χ1) is 10.8. The third-order valence-corrected chi connectivity index (χ3v) is 5.24. The van der Waals surface area contributed by atoms with Crippen LogP contribution in [0.3, 0.4) is 0 Å². The molecule has 0 saturated heterocycles. The Labute approximate surface area is 147 Å². The second-order valence-corrected chi connectivity index (χ2v) is 7.60. The lowest BCUT2D eigenvalue weighted by atomic mass is 10.1. The Morgan fingerprint density at radius 1 is 1.22 bits per heavy atom. The Kier molecular flexibility index (Phi) is 5.67. The first-order valence-electron chi connectivity index (χ1n) is 6.45. The first-order valence-corrected chi connectivity index (χ1v) is 9.11. The Hall–Kier alpha value is -1.57. The SMILES string of the molecule is COc1cc(S(=O)(=O)NC(=O)Cc2ccc(Cl)cc2)ccc1Br. The second-order valence-electron chi connectivity index (χ2n) is 4.63. The summed E-state index contributed by atoms with van der Waals surface area (Å²) >= 11 is 9.00. The number of carbonyl (C=O) groups is 1. The van der Waals surface area contributed by atoms with E-state index >= 15 is 0 Å². The second kappa shape index (κ2) is 7.33. The molecule has 0 aliphatic rings. The van der Waals surface area contributed by atoms with Crippen LogP contribution in [0.25, 0.3) is 0 Å². The minimum atomic E-state index is -3.96. The summed E-state index contributed by atoms with van der Waals surface area (Å²) in [6, 6.07) is 10.9. The molecule has 0 atom stereocenters. The highest BCUT2D eigenvalue weighted by Crippen LogP contribution is 2.27. The molecule has 2 aromatic carbocycles. The van der Waals surface area contributed by atoms with Crippen molar-refractivity contribution in [2.45, 2.75) is 11.3 Å². The minimum Gasteiger partial charge on any atom is -0.496 e. The number of amides is 1. The van der Waals surface area contributed by atoms with Crippen LogP contribution in [-0.2, 0) is 21.2 Å². The topological polar surface area (TPSA) is 72.5 Å². The summed E-state index contributed by atoms with van der Waals surface area (Å²) in [6.07, 6.45) is -0.0654. The molecule has 1 amide bonds. The van der Waals surface area contributed by atoms with E-state index in [0.717, 1.165) is 0 Å². The molecular weight excluding hydrogens is 406 g/mol. The van der Waals surface area contributed by atoms with Gasteiger partial charge in [-0.2, -0.15) is 0 Å². The van der Waals surface area contributed by atoms with Crippen LogP contribution >= 0.6 is 27.5 Å². The van der Waals surface area contributed by atoms with Gasteiger partial charge in [0.15, 0.2) is 0 Å². The number of sulfonamides is 1. The van der Waals surface area contributed by atoms with Gasteiger partial charge in [0, 0.05) is 11.1 Å². The van der Waals surface area contributed by atoms with Gasteiger partial charge >= 0.3 is 0 Å². The number of hydrogen-bond donors (Lipinski definition) is 1. The Balaban J connectivity index is 2.14. The highest BCUT2D eigenvalue weighted by Gasteiger charge is 2.19. The van der Waals surface area contributed by atoms with Crippen LogP contribution in [-0.4, -0.2) is 21.4 Å². The standard InChI is InChI=1S/C15H13BrClNO4S/c1-22-14-9-12(6-7-13(14)16)23(20,21)18-15(19)8-10-2-4-11(17)5-3-10/h2-7,9H,8H2,1H3,(H,18,19). The highest BCUT2D eigenvalue weighted by molar-refractivity contribution is 9.10.